The van der Waals surface area contributed by atoms with E-state index in [4.69, 9.17) is 0 Å². The van der Waals surface area contributed by atoms with Crippen LogP contribution in [0.15, 0.2) is 23.1 Å². The molecule has 0 atom stereocenters. The van der Waals surface area contributed by atoms with Crippen LogP contribution in [0.3, 0.4) is 0 Å². The van der Waals surface area contributed by atoms with Crippen LogP contribution in [-0.4, -0.2) is 31.9 Å². The lowest BCUT2D eigenvalue weighted by molar-refractivity contribution is 0.463. The van der Waals surface area contributed by atoms with Crippen molar-refractivity contribution in [3.63, 3.8) is 0 Å². The van der Waals surface area contributed by atoms with Gasteiger partial charge in [-0.2, -0.15) is 4.31 Å². The molecule has 116 valence electrons. The third-order valence-corrected chi connectivity index (χ3v) is 6.40. The lowest BCUT2D eigenvalue weighted by atomic mass is 10.1. The van der Waals surface area contributed by atoms with Gasteiger partial charge in [0.2, 0.25) is 10.0 Å². The molecule has 2 aliphatic rings. The number of hydrogen-bond donors (Lipinski definition) is 1. The van der Waals surface area contributed by atoms with E-state index in [1.54, 1.807) is 11.4 Å². The zero-order valence-electron chi connectivity index (χ0n) is 12.8. The van der Waals surface area contributed by atoms with Gasteiger partial charge in [-0.05, 0) is 49.3 Å². The quantitative estimate of drug-likeness (QED) is 0.841. The Morgan fingerprint density at radius 1 is 1.24 bits per heavy atom. The van der Waals surface area contributed by atoms with Gasteiger partial charge in [0.1, 0.15) is 0 Å². The van der Waals surface area contributed by atoms with Gasteiger partial charge in [-0.15, -0.1) is 0 Å². The van der Waals surface area contributed by atoms with Crippen molar-refractivity contribution in [2.45, 2.75) is 62.6 Å². The molecular weight excluding hydrogens is 284 g/mol. The van der Waals surface area contributed by atoms with Crippen LogP contribution in [0.4, 0.5) is 0 Å². The summed E-state index contributed by atoms with van der Waals surface area (Å²) in [4.78, 5) is 0.495. The molecule has 0 spiro atoms. The zero-order chi connectivity index (χ0) is 15.0. The van der Waals surface area contributed by atoms with Crippen molar-refractivity contribution in [3.05, 3.63) is 29.3 Å². The standard InChI is InChI=1S/C16H24N2O2S/c1-3-13-5-4-12(11-17-14-6-7-14)10-16(13)21(19,20)18(2)15-8-9-15/h4-5,10,14-15,17H,3,6-9,11H2,1-2H3. The van der Waals surface area contributed by atoms with Crippen LogP contribution in [0.25, 0.3) is 0 Å². The fourth-order valence-electron chi connectivity index (χ4n) is 2.58. The molecule has 2 saturated carbocycles. The summed E-state index contributed by atoms with van der Waals surface area (Å²) < 4.78 is 27.2. The Morgan fingerprint density at radius 3 is 2.52 bits per heavy atom. The molecule has 1 N–H and O–H groups in total. The maximum Gasteiger partial charge on any atom is 0.243 e. The predicted molar refractivity (Wildman–Crippen MR) is 83.7 cm³/mol. The minimum atomic E-state index is -3.36. The Bertz CT molecular complexity index is 619. The van der Waals surface area contributed by atoms with Gasteiger partial charge in [0.05, 0.1) is 4.90 Å². The van der Waals surface area contributed by atoms with Gasteiger partial charge in [-0.1, -0.05) is 19.1 Å². The summed E-state index contributed by atoms with van der Waals surface area (Å²) >= 11 is 0. The van der Waals surface area contributed by atoms with Crippen molar-refractivity contribution in [2.75, 3.05) is 7.05 Å². The van der Waals surface area contributed by atoms with Gasteiger partial charge < -0.3 is 5.32 Å². The molecular formula is C16H24N2O2S. The van der Waals surface area contributed by atoms with E-state index in [9.17, 15) is 8.42 Å². The van der Waals surface area contributed by atoms with Crippen LogP contribution in [0.1, 0.15) is 43.7 Å². The van der Waals surface area contributed by atoms with E-state index in [2.05, 4.69) is 5.32 Å². The van der Waals surface area contributed by atoms with Crippen LogP contribution in [0.2, 0.25) is 0 Å². The highest BCUT2D eigenvalue weighted by Gasteiger charge is 2.36. The number of rotatable bonds is 7. The van der Waals surface area contributed by atoms with Crippen molar-refractivity contribution in [3.8, 4) is 0 Å². The molecule has 0 unspecified atom stereocenters. The second-order valence-electron chi connectivity index (χ2n) is 6.20. The summed E-state index contributed by atoms with van der Waals surface area (Å²) in [5.41, 5.74) is 1.97. The van der Waals surface area contributed by atoms with Crippen LogP contribution < -0.4 is 5.32 Å². The van der Waals surface area contributed by atoms with Crippen molar-refractivity contribution in [1.29, 1.82) is 0 Å². The minimum Gasteiger partial charge on any atom is -0.310 e. The van der Waals surface area contributed by atoms with E-state index in [1.807, 2.05) is 25.1 Å². The molecule has 3 rings (SSSR count). The van der Waals surface area contributed by atoms with Crippen LogP contribution >= 0.6 is 0 Å². The molecule has 5 heteroatoms. The lowest BCUT2D eigenvalue weighted by Gasteiger charge is -2.19. The maximum atomic E-state index is 12.8. The summed E-state index contributed by atoms with van der Waals surface area (Å²) in [6.45, 7) is 2.76. The number of benzene rings is 1. The summed E-state index contributed by atoms with van der Waals surface area (Å²) in [6.07, 6.45) is 5.19. The molecule has 2 fully saturated rings. The highest BCUT2D eigenvalue weighted by molar-refractivity contribution is 7.89. The summed E-state index contributed by atoms with van der Waals surface area (Å²) in [6, 6.07) is 6.71. The first-order valence-corrected chi connectivity index (χ1v) is 9.29. The van der Waals surface area contributed by atoms with Crippen LogP contribution in [0.5, 0.6) is 0 Å². The smallest absolute Gasteiger partial charge is 0.243 e. The number of aryl methyl sites for hydroxylation is 1. The monoisotopic (exact) mass is 308 g/mol. The van der Waals surface area contributed by atoms with E-state index >= 15 is 0 Å². The van der Waals surface area contributed by atoms with Crippen molar-refractivity contribution in [1.82, 2.24) is 9.62 Å². The Labute approximate surface area is 127 Å². The Hall–Kier alpha value is -0.910. The molecule has 4 nitrogen and oxygen atoms in total. The second-order valence-corrected chi connectivity index (χ2v) is 8.17. The fourth-order valence-corrected chi connectivity index (χ4v) is 4.34. The number of hydrogen-bond acceptors (Lipinski definition) is 3. The first kappa shape index (κ1) is 15.0. The molecule has 0 amide bonds. The van der Waals surface area contributed by atoms with Gasteiger partial charge in [0.25, 0.3) is 0 Å². The number of nitrogens with zero attached hydrogens (tertiary/aromatic N) is 1. The van der Waals surface area contributed by atoms with Gasteiger partial charge in [0, 0.05) is 25.7 Å². The zero-order valence-corrected chi connectivity index (χ0v) is 13.6. The third kappa shape index (κ3) is 3.30. The molecule has 0 radical (unpaired) electrons. The van der Waals surface area contributed by atoms with Gasteiger partial charge >= 0.3 is 0 Å². The average Bonchev–Trinajstić information content (AvgIpc) is 3.37. The molecule has 21 heavy (non-hydrogen) atoms. The van der Waals surface area contributed by atoms with Gasteiger partial charge in [-0.25, -0.2) is 8.42 Å². The molecule has 0 heterocycles. The average molecular weight is 308 g/mol. The van der Waals surface area contributed by atoms with Gasteiger partial charge in [-0.3, -0.25) is 0 Å². The molecule has 1 aromatic carbocycles. The topological polar surface area (TPSA) is 49.4 Å². The predicted octanol–water partition coefficient (Wildman–Crippen LogP) is 2.28. The molecule has 0 aliphatic heterocycles. The number of sulfonamides is 1. The second kappa shape index (κ2) is 5.71. The Balaban J connectivity index is 1.87. The van der Waals surface area contributed by atoms with Crippen molar-refractivity contribution >= 4 is 10.0 Å². The number of nitrogens with one attached hydrogen (secondary N) is 1. The minimum absolute atomic E-state index is 0.202. The molecule has 1 aromatic rings. The third-order valence-electron chi connectivity index (χ3n) is 4.40. The van der Waals surface area contributed by atoms with Crippen molar-refractivity contribution < 1.29 is 8.42 Å². The lowest BCUT2D eigenvalue weighted by Crippen LogP contribution is -2.30. The summed E-state index contributed by atoms with van der Waals surface area (Å²) in [5.74, 6) is 0. The summed E-state index contributed by atoms with van der Waals surface area (Å²) in [7, 11) is -1.65. The van der Waals surface area contributed by atoms with E-state index in [-0.39, 0.29) is 6.04 Å². The van der Waals surface area contributed by atoms with E-state index in [0.717, 1.165) is 36.9 Å². The first-order valence-electron chi connectivity index (χ1n) is 7.85. The highest BCUT2D eigenvalue weighted by atomic mass is 32.2. The van der Waals surface area contributed by atoms with Crippen LogP contribution in [0, 0.1) is 0 Å². The first-order chi connectivity index (χ1) is 10.0. The largest absolute Gasteiger partial charge is 0.310 e. The fraction of sp³-hybridized carbons (Fsp3) is 0.625. The SMILES string of the molecule is CCc1ccc(CNC2CC2)cc1S(=O)(=O)N(C)C1CC1. The molecule has 0 aromatic heterocycles. The summed E-state index contributed by atoms with van der Waals surface area (Å²) in [5, 5.41) is 3.44. The normalized spacial score (nSPS) is 19.2. The maximum absolute atomic E-state index is 12.8. The molecule has 2 aliphatic carbocycles. The molecule has 0 saturated heterocycles. The highest BCUT2D eigenvalue weighted by Crippen LogP contribution is 2.32. The molecule has 0 bridgehead atoms. The van der Waals surface area contributed by atoms with E-state index in [1.165, 1.54) is 12.8 Å². The van der Waals surface area contributed by atoms with Crippen LogP contribution in [-0.2, 0) is 23.0 Å². The Kier molecular flexibility index (Phi) is 4.08. The van der Waals surface area contributed by atoms with E-state index < -0.39 is 10.0 Å². The van der Waals surface area contributed by atoms with Crippen molar-refractivity contribution in [2.24, 2.45) is 0 Å². The van der Waals surface area contributed by atoms with Gasteiger partial charge in [0.15, 0.2) is 0 Å². The van der Waals surface area contributed by atoms with E-state index in [0.29, 0.717) is 10.9 Å². The Morgan fingerprint density at radius 2 is 1.95 bits per heavy atom.